The van der Waals surface area contributed by atoms with E-state index in [2.05, 4.69) is 15.2 Å². The molecule has 0 unspecified atom stereocenters. The SMILES string of the molecule is COc1ccc(CCN2CNc3c(c(=O)[nH]c(=O)n3-c3ccc(C)cc3)C2)cc1OC. The molecule has 162 valence electrons. The Labute approximate surface area is 180 Å². The fraction of sp³-hybridized carbons (Fsp3) is 0.304. The third-order valence-corrected chi connectivity index (χ3v) is 5.52. The van der Waals surface area contributed by atoms with Crippen molar-refractivity contribution in [1.29, 1.82) is 0 Å². The molecule has 2 N–H and O–H groups in total. The Bertz CT molecular complexity index is 1200. The Morgan fingerprint density at radius 3 is 2.45 bits per heavy atom. The average Bonchev–Trinajstić information content (AvgIpc) is 2.78. The van der Waals surface area contributed by atoms with Crippen molar-refractivity contribution in [3.8, 4) is 17.2 Å². The summed E-state index contributed by atoms with van der Waals surface area (Å²) in [6, 6.07) is 13.5. The summed E-state index contributed by atoms with van der Waals surface area (Å²) in [5, 5.41) is 3.28. The summed E-state index contributed by atoms with van der Waals surface area (Å²) >= 11 is 0. The number of H-pyrrole nitrogens is 1. The monoisotopic (exact) mass is 422 g/mol. The molecule has 0 atom stereocenters. The van der Waals surface area contributed by atoms with Crippen molar-refractivity contribution >= 4 is 5.82 Å². The molecular formula is C23H26N4O4. The molecule has 2 heterocycles. The van der Waals surface area contributed by atoms with Crippen LogP contribution in [0.2, 0.25) is 0 Å². The van der Waals surface area contributed by atoms with Gasteiger partial charge in [-0.25, -0.2) is 9.36 Å². The minimum Gasteiger partial charge on any atom is -0.493 e. The van der Waals surface area contributed by atoms with E-state index in [1.807, 2.05) is 49.4 Å². The van der Waals surface area contributed by atoms with Gasteiger partial charge >= 0.3 is 5.69 Å². The molecule has 4 rings (SSSR count). The third kappa shape index (κ3) is 4.20. The van der Waals surface area contributed by atoms with Gasteiger partial charge in [0.05, 0.1) is 32.1 Å². The van der Waals surface area contributed by atoms with Gasteiger partial charge in [0.25, 0.3) is 5.56 Å². The fourth-order valence-electron chi connectivity index (χ4n) is 3.79. The fourth-order valence-corrected chi connectivity index (χ4v) is 3.79. The Kier molecular flexibility index (Phi) is 5.81. The van der Waals surface area contributed by atoms with Crippen molar-refractivity contribution in [2.24, 2.45) is 0 Å². The summed E-state index contributed by atoms with van der Waals surface area (Å²) in [5.41, 5.74) is 2.69. The Morgan fingerprint density at radius 2 is 1.74 bits per heavy atom. The summed E-state index contributed by atoms with van der Waals surface area (Å²) < 4.78 is 12.2. The standard InChI is InChI=1S/C23H26N4O4/c1-15-4-7-17(8-5-15)27-21-18(22(28)25-23(27)29)13-26(14-24-21)11-10-16-6-9-19(30-2)20(12-16)31-3/h4-9,12,24H,10-11,13-14H2,1-3H3,(H,25,28,29). The molecule has 0 fully saturated rings. The van der Waals surface area contributed by atoms with Crippen LogP contribution in [-0.2, 0) is 13.0 Å². The molecule has 0 bridgehead atoms. The number of nitrogens with one attached hydrogen (secondary N) is 2. The maximum atomic E-state index is 12.5. The molecule has 3 aromatic rings. The zero-order chi connectivity index (χ0) is 22.0. The highest BCUT2D eigenvalue weighted by Gasteiger charge is 2.23. The van der Waals surface area contributed by atoms with Gasteiger partial charge in [-0.3, -0.25) is 14.7 Å². The van der Waals surface area contributed by atoms with Gasteiger partial charge in [-0.05, 0) is 43.2 Å². The molecule has 0 saturated carbocycles. The molecule has 8 nitrogen and oxygen atoms in total. The van der Waals surface area contributed by atoms with Crippen LogP contribution in [-0.4, -0.2) is 41.9 Å². The zero-order valence-corrected chi connectivity index (χ0v) is 17.9. The second-order valence-corrected chi connectivity index (χ2v) is 7.58. The van der Waals surface area contributed by atoms with Gasteiger partial charge in [0.15, 0.2) is 11.5 Å². The Hall–Kier alpha value is -3.52. The van der Waals surface area contributed by atoms with E-state index in [0.717, 1.165) is 29.8 Å². The van der Waals surface area contributed by atoms with Gasteiger partial charge < -0.3 is 14.8 Å². The normalized spacial score (nSPS) is 13.4. The quantitative estimate of drug-likeness (QED) is 0.634. The van der Waals surface area contributed by atoms with Gasteiger partial charge in [0, 0.05) is 13.1 Å². The largest absolute Gasteiger partial charge is 0.493 e. The van der Waals surface area contributed by atoms with Crippen LogP contribution in [0.25, 0.3) is 5.69 Å². The lowest BCUT2D eigenvalue weighted by molar-refractivity contribution is 0.275. The molecule has 0 aliphatic carbocycles. The van der Waals surface area contributed by atoms with Crippen LogP contribution in [0.1, 0.15) is 16.7 Å². The van der Waals surface area contributed by atoms with Crippen molar-refractivity contribution < 1.29 is 9.47 Å². The number of anilines is 1. The average molecular weight is 422 g/mol. The first-order valence-electron chi connectivity index (χ1n) is 10.1. The van der Waals surface area contributed by atoms with E-state index in [0.29, 0.717) is 36.1 Å². The van der Waals surface area contributed by atoms with Crippen LogP contribution < -0.4 is 26.0 Å². The first-order chi connectivity index (χ1) is 15.0. The van der Waals surface area contributed by atoms with Gasteiger partial charge in [-0.2, -0.15) is 0 Å². The van der Waals surface area contributed by atoms with Crippen LogP contribution in [0.5, 0.6) is 11.5 Å². The van der Waals surface area contributed by atoms with Crippen molar-refractivity contribution in [2.45, 2.75) is 19.9 Å². The summed E-state index contributed by atoms with van der Waals surface area (Å²) in [7, 11) is 3.23. The number of methoxy groups -OCH3 is 2. The number of nitrogens with zero attached hydrogens (tertiary/aromatic N) is 2. The van der Waals surface area contributed by atoms with Crippen LogP contribution in [0.4, 0.5) is 5.82 Å². The van der Waals surface area contributed by atoms with Crippen molar-refractivity contribution in [3.63, 3.8) is 0 Å². The highest BCUT2D eigenvalue weighted by Crippen LogP contribution is 2.28. The zero-order valence-electron chi connectivity index (χ0n) is 17.9. The molecule has 8 heteroatoms. The van der Waals surface area contributed by atoms with Crippen molar-refractivity contribution in [1.82, 2.24) is 14.5 Å². The molecule has 0 saturated heterocycles. The predicted octanol–water partition coefficient (Wildman–Crippen LogP) is 2.28. The second-order valence-electron chi connectivity index (χ2n) is 7.58. The lowest BCUT2D eigenvalue weighted by Gasteiger charge is -2.30. The number of hydrogen-bond donors (Lipinski definition) is 2. The van der Waals surface area contributed by atoms with Crippen molar-refractivity contribution in [2.75, 3.05) is 32.7 Å². The van der Waals surface area contributed by atoms with E-state index in [9.17, 15) is 9.59 Å². The van der Waals surface area contributed by atoms with E-state index in [-0.39, 0.29) is 5.56 Å². The molecule has 2 aromatic carbocycles. The van der Waals surface area contributed by atoms with Crippen LogP contribution in [0.3, 0.4) is 0 Å². The molecule has 0 spiro atoms. The van der Waals surface area contributed by atoms with E-state index in [4.69, 9.17) is 9.47 Å². The molecule has 0 radical (unpaired) electrons. The molecule has 0 amide bonds. The molecular weight excluding hydrogens is 396 g/mol. The van der Waals surface area contributed by atoms with E-state index in [1.54, 1.807) is 14.2 Å². The molecule has 1 aliphatic heterocycles. The van der Waals surface area contributed by atoms with Crippen LogP contribution in [0.15, 0.2) is 52.1 Å². The first-order valence-corrected chi connectivity index (χ1v) is 10.1. The lowest BCUT2D eigenvalue weighted by atomic mass is 10.1. The number of aromatic amines is 1. The predicted molar refractivity (Wildman–Crippen MR) is 120 cm³/mol. The summed E-state index contributed by atoms with van der Waals surface area (Å²) in [5.74, 6) is 1.95. The Morgan fingerprint density at radius 1 is 1.00 bits per heavy atom. The molecule has 31 heavy (non-hydrogen) atoms. The van der Waals surface area contributed by atoms with E-state index < -0.39 is 5.69 Å². The number of fused-ring (bicyclic) bond motifs is 1. The lowest BCUT2D eigenvalue weighted by Crippen LogP contribution is -2.43. The highest BCUT2D eigenvalue weighted by atomic mass is 16.5. The molecule has 1 aliphatic rings. The topological polar surface area (TPSA) is 88.6 Å². The van der Waals surface area contributed by atoms with E-state index in [1.165, 1.54) is 4.57 Å². The number of benzene rings is 2. The number of rotatable bonds is 6. The highest BCUT2D eigenvalue weighted by molar-refractivity contribution is 5.52. The van der Waals surface area contributed by atoms with Crippen LogP contribution in [0, 0.1) is 6.92 Å². The van der Waals surface area contributed by atoms with Gasteiger partial charge in [0.1, 0.15) is 5.82 Å². The summed E-state index contributed by atoms with van der Waals surface area (Å²) in [4.78, 5) is 29.7. The van der Waals surface area contributed by atoms with Gasteiger partial charge in [-0.15, -0.1) is 0 Å². The van der Waals surface area contributed by atoms with Gasteiger partial charge in [-0.1, -0.05) is 23.8 Å². The number of hydrogen-bond acceptors (Lipinski definition) is 6. The summed E-state index contributed by atoms with van der Waals surface area (Å²) in [6.07, 6.45) is 0.785. The third-order valence-electron chi connectivity index (χ3n) is 5.52. The number of aryl methyl sites for hydroxylation is 1. The van der Waals surface area contributed by atoms with E-state index >= 15 is 0 Å². The number of ether oxygens (including phenoxy) is 2. The maximum Gasteiger partial charge on any atom is 0.334 e. The summed E-state index contributed by atoms with van der Waals surface area (Å²) in [6.45, 7) is 3.72. The minimum absolute atomic E-state index is 0.355. The minimum atomic E-state index is -0.445. The molecule has 1 aromatic heterocycles. The van der Waals surface area contributed by atoms with Crippen LogP contribution >= 0.6 is 0 Å². The number of aromatic nitrogens is 2. The first kappa shape index (κ1) is 20.7. The van der Waals surface area contributed by atoms with Crippen molar-refractivity contribution in [3.05, 3.63) is 80.0 Å². The smallest absolute Gasteiger partial charge is 0.334 e. The Balaban J connectivity index is 1.55. The maximum absolute atomic E-state index is 12.5. The van der Waals surface area contributed by atoms with Gasteiger partial charge in [0.2, 0.25) is 0 Å². The second kappa shape index (κ2) is 8.69.